The fourth-order valence-electron chi connectivity index (χ4n) is 1.99. The third-order valence-electron chi connectivity index (χ3n) is 2.79. The second-order valence-electron chi connectivity index (χ2n) is 4.02. The van der Waals surface area contributed by atoms with Crippen LogP contribution in [0.2, 0.25) is 0 Å². The molecule has 0 atom stereocenters. The first kappa shape index (κ1) is 12.5. The first-order valence-electron chi connectivity index (χ1n) is 5.42. The summed E-state index contributed by atoms with van der Waals surface area (Å²) in [7, 11) is 0. The zero-order valence-corrected chi connectivity index (χ0v) is 11.9. The van der Waals surface area contributed by atoms with Crippen LogP contribution < -0.4 is 0 Å². The van der Waals surface area contributed by atoms with Crippen molar-refractivity contribution in [3.8, 4) is 5.69 Å². The van der Waals surface area contributed by atoms with Gasteiger partial charge in [0.15, 0.2) is 4.77 Å². The van der Waals surface area contributed by atoms with E-state index < -0.39 is 0 Å². The minimum absolute atomic E-state index is 0.339. The second-order valence-corrected chi connectivity index (χ2v) is 5.26. The van der Waals surface area contributed by atoms with E-state index in [1.165, 1.54) is 24.3 Å². The van der Waals surface area contributed by atoms with Crippen LogP contribution in [-0.2, 0) is 0 Å². The molecule has 2 aromatic carbocycles. The number of H-pyrrole nitrogens is 1. The first-order valence-corrected chi connectivity index (χ1v) is 6.62. The lowest BCUT2D eigenvalue weighted by Gasteiger charge is -2.07. The molecule has 6 heteroatoms. The summed E-state index contributed by atoms with van der Waals surface area (Å²) in [5.74, 6) is -0.679. The molecule has 96 valence electrons. The molecule has 0 saturated carbocycles. The summed E-state index contributed by atoms with van der Waals surface area (Å²) in [6.07, 6.45) is 0. The van der Waals surface area contributed by atoms with Crippen LogP contribution in [0.3, 0.4) is 0 Å². The summed E-state index contributed by atoms with van der Waals surface area (Å²) >= 11 is 8.55. The van der Waals surface area contributed by atoms with Crippen molar-refractivity contribution in [1.82, 2.24) is 9.55 Å². The van der Waals surface area contributed by atoms with Crippen molar-refractivity contribution in [3.63, 3.8) is 0 Å². The minimum atomic E-state index is -0.340. The van der Waals surface area contributed by atoms with Crippen LogP contribution >= 0.6 is 28.1 Å². The van der Waals surface area contributed by atoms with Crippen LogP contribution in [0.4, 0.5) is 8.78 Å². The average molecular weight is 341 g/mol. The van der Waals surface area contributed by atoms with Gasteiger partial charge in [-0.25, -0.2) is 8.78 Å². The van der Waals surface area contributed by atoms with E-state index in [9.17, 15) is 8.78 Å². The normalized spacial score (nSPS) is 11.1. The third-order valence-corrected chi connectivity index (χ3v) is 3.71. The standard InChI is InChI=1S/C13H7BrF2N2S/c14-9-5-7(15)1-3-11(9)18-12-4-2-8(16)6-10(12)17-13(18)19/h1-6H,(H,17,19). The number of nitrogens with zero attached hydrogens (tertiary/aromatic N) is 1. The number of fused-ring (bicyclic) bond motifs is 1. The van der Waals surface area contributed by atoms with Crippen molar-refractivity contribution in [3.05, 3.63) is 57.3 Å². The van der Waals surface area contributed by atoms with Gasteiger partial charge in [0.1, 0.15) is 11.6 Å². The Morgan fingerprint density at radius 3 is 2.47 bits per heavy atom. The maximum absolute atomic E-state index is 13.2. The van der Waals surface area contributed by atoms with E-state index in [4.69, 9.17) is 12.2 Å². The highest BCUT2D eigenvalue weighted by Gasteiger charge is 2.10. The molecule has 0 aliphatic carbocycles. The summed E-state index contributed by atoms with van der Waals surface area (Å²) in [6, 6.07) is 8.69. The predicted octanol–water partition coefficient (Wildman–Crippen LogP) is 4.73. The van der Waals surface area contributed by atoms with Gasteiger partial charge in [-0.3, -0.25) is 4.57 Å². The largest absolute Gasteiger partial charge is 0.330 e. The Bertz CT molecular complexity index is 838. The van der Waals surface area contributed by atoms with Gasteiger partial charge in [0.05, 0.1) is 16.7 Å². The Morgan fingerprint density at radius 1 is 1.05 bits per heavy atom. The van der Waals surface area contributed by atoms with Crippen LogP contribution in [0.1, 0.15) is 0 Å². The SMILES string of the molecule is Fc1ccc(-n2c(=S)[nH]c3cc(F)ccc32)c(Br)c1. The third kappa shape index (κ3) is 2.11. The van der Waals surface area contributed by atoms with Crippen LogP contribution in [0.25, 0.3) is 16.7 Å². The molecule has 0 radical (unpaired) electrons. The highest BCUT2D eigenvalue weighted by atomic mass is 79.9. The van der Waals surface area contributed by atoms with Crippen molar-refractivity contribution in [1.29, 1.82) is 0 Å². The predicted molar refractivity (Wildman–Crippen MR) is 76.1 cm³/mol. The van der Waals surface area contributed by atoms with Crippen LogP contribution in [0, 0.1) is 16.4 Å². The van der Waals surface area contributed by atoms with E-state index >= 15 is 0 Å². The molecule has 0 spiro atoms. The van der Waals surface area contributed by atoms with Gasteiger partial charge in [-0.2, -0.15) is 0 Å². The molecule has 1 heterocycles. The number of imidazole rings is 1. The molecule has 1 aromatic heterocycles. The lowest BCUT2D eigenvalue weighted by molar-refractivity contribution is 0.626. The summed E-state index contributed by atoms with van der Waals surface area (Å²) in [5, 5.41) is 0. The zero-order valence-electron chi connectivity index (χ0n) is 9.45. The van der Waals surface area contributed by atoms with Gasteiger partial charge in [0.2, 0.25) is 0 Å². The second kappa shape index (κ2) is 4.54. The number of nitrogens with one attached hydrogen (secondary N) is 1. The van der Waals surface area contributed by atoms with E-state index in [2.05, 4.69) is 20.9 Å². The molecule has 19 heavy (non-hydrogen) atoms. The number of aromatic nitrogens is 2. The summed E-state index contributed by atoms with van der Waals surface area (Å²) < 4.78 is 29.1. The molecular weight excluding hydrogens is 334 g/mol. The van der Waals surface area contributed by atoms with Crippen LogP contribution in [0.5, 0.6) is 0 Å². The number of hydrogen-bond donors (Lipinski definition) is 1. The highest BCUT2D eigenvalue weighted by Crippen LogP contribution is 2.26. The topological polar surface area (TPSA) is 20.7 Å². The monoisotopic (exact) mass is 340 g/mol. The summed E-state index contributed by atoms with van der Waals surface area (Å²) in [4.78, 5) is 2.93. The van der Waals surface area contributed by atoms with Gasteiger partial charge in [0.25, 0.3) is 0 Å². The van der Waals surface area contributed by atoms with E-state index in [0.29, 0.717) is 20.4 Å². The molecule has 2 nitrogen and oxygen atoms in total. The van der Waals surface area contributed by atoms with Gasteiger partial charge in [-0.05, 0) is 64.5 Å². The van der Waals surface area contributed by atoms with E-state index in [1.54, 1.807) is 16.7 Å². The lowest BCUT2D eigenvalue weighted by Crippen LogP contribution is -1.95. The van der Waals surface area contributed by atoms with Gasteiger partial charge < -0.3 is 4.98 Å². The summed E-state index contributed by atoms with van der Waals surface area (Å²) in [6.45, 7) is 0. The Labute approximate surface area is 120 Å². The Hall–Kier alpha value is -1.53. The zero-order chi connectivity index (χ0) is 13.6. The molecule has 0 amide bonds. The fraction of sp³-hybridized carbons (Fsp3) is 0. The van der Waals surface area contributed by atoms with Crippen molar-refractivity contribution in [2.45, 2.75) is 0 Å². The average Bonchev–Trinajstić information content (AvgIpc) is 2.65. The number of hydrogen-bond acceptors (Lipinski definition) is 1. The molecule has 0 bridgehead atoms. The lowest BCUT2D eigenvalue weighted by atomic mass is 10.2. The molecule has 1 N–H and O–H groups in total. The first-order chi connectivity index (χ1) is 9.06. The van der Waals surface area contributed by atoms with Crippen molar-refractivity contribution in [2.75, 3.05) is 0 Å². The number of benzene rings is 2. The molecule has 0 saturated heterocycles. The highest BCUT2D eigenvalue weighted by molar-refractivity contribution is 9.10. The molecule has 0 unspecified atom stereocenters. The van der Waals surface area contributed by atoms with Crippen LogP contribution in [-0.4, -0.2) is 9.55 Å². The molecule has 0 fully saturated rings. The number of aromatic amines is 1. The van der Waals surface area contributed by atoms with Gasteiger partial charge in [-0.1, -0.05) is 0 Å². The molecular formula is C13H7BrF2N2S. The molecule has 0 aliphatic heterocycles. The van der Waals surface area contributed by atoms with E-state index in [-0.39, 0.29) is 11.6 Å². The van der Waals surface area contributed by atoms with Gasteiger partial charge in [-0.15, -0.1) is 0 Å². The maximum atomic E-state index is 13.2. The Kier molecular flexibility index (Phi) is 2.99. The quantitative estimate of drug-likeness (QED) is 0.635. The maximum Gasteiger partial charge on any atom is 0.182 e. The Balaban J connectivity index is 2.36. The minimum Gasteiger partial charge on any atom is -0.330 e. The molecule has 3 aromatic rings. The number of halogens is 3. The Morgan fingerprint density at radius 2 is 1.74 bits per heavy atom. The van der Waals surface area contributed by atoms with Crippen molar-refractivity contribution >= 4 is 39.2 Å². The van der Waals surface area contributed by atoms with Crippen LogP contribution in [0.15, 0.2) is 40.9 Å². The fourth-order valence-corrected chi connectivity index (χ4v) is 2.82. The smallest absolute Gasteiger partial charge is 0.182 e. The molecule has 3 rings (SSSR count). The van der Waals surface area contributed by atoms with Crippen molar-refractivity contribution < 1.29 is 8.78 Å². The van der Waals surface area contributed by atoms with Crippen molar-refractivity contribution in [2.24, 2.45) is 0 Å². The summed E-state index contributed by atoms with van der Waals surface area (Å²) in [5.41, 5.74) is 2.03. The van der Waals surface area contributed by atoms with E-state index in [1.807, 2.05) is 0 Å². The van der Waals surface area contributed by atoms with Gasteiger partial charge in [0, 0.05) is 4.47 Å². The van der Waals surface area contributed by atoms with E-state index in [0.717, 1.165) is 5.52 Å². The number of rotatable bonds is 1. The van der Waals surface area contributed by atoms with Gasteiger partial charge >= 0.3 is 0 Å². The molecule has 0 aliphatic rings.